The molecule has 3 unspecified atom stereocenters. The average Bonchev–Trinajstić information content (AvgIpc) is 3.01. The minimum Gasteiger partial charge on any atom is -0.489 e. The zero-order chi connectivity index (χ0) is 22.0. The van der Waals surface area contributed by atoms with Crippen LogP contribution in [0.4, 0.5) is 0 Å². The third-order valence-corrected chi connectivity index (χ3v) is 5.94. The predicted octanol–water partition coefficient (Wildman–Crippen LogP) is -1.73. The molecule has 4 aliphatic rings. The summed E-state index contributed by atoms with van der Waals surface area (Å²) < 4.78 is 10.9. The van der Waals surface area contributed by atoms with Crippen LogP contribution in [0.15, 0.2) is 23.7 Å². The topological polar surface area (TPSA) is 134 Å². The van der Waals surface area contributed by atoms with Gasteiger partial charge in [0, 0.05) is 39.1 Å². The molecule has 0 aromatic carbocycles. The molecule has 0 spiro atoms. The molecule has 3 fully saturated rings. The van der Waals surface area contributed by atoms with Gasteiger partial charge in [0.2, 0.25) is 23.6 Å². The Morgan fingerprint density at radius 1 is 1.13 bits per heavy atom. The molecule has 11 nitrogen and oxygen atoms in total. The fourth-order valence-corrected chi connectivity index (χ4v) is 4.37. The number of nitrogens with zero attached hydrogens (tertiary/aromatic N) is 2. The quantitative estimate of drug-likeness (QED) is 0.355. The second-order valence-electron chi connectivity index (χ2n) is 7.76. The zero-order valence-electron chi connectivity index (χ0n) is 16.9. The number of amides is 4. The molecule has 3 saturated heterocycles. The van der Waals surface area contributed by atoms with E-state index in [0.29, 0.717) is 13.2 Å². The third-order valence-electron chi connectivity index (χ3n) is 5.94. The lowest BCUT2D eigenvalue weighted by molar-refractivity contribution is -0.151. The van der Waals surface area contributed by atoms with Crippen LogP contribution in [-0.4, -0.2) is 85.3 Å². The molecule has 4 rings (SSSR count). The molecule has 0 radical (unpaired) electrons. The van der Waals surface area contributed by atoms with Crippen molar-refractivity contribution in [1.29, 1.82) is 0 Å². The van der Waals surface area contributed by atoms with Gasteiger partial charge in [-0.25, -0.2) is 0 Å². The van der Waals surface area contributed by atoms with Crippen LogP contribution in [0.3, 0.4) is 0 Å². The van der Waals surface area contributed by atoms with Crippen molar-refractivity contribution in [3.8, 4) is 0 Å². The lowest BCUT2D eigenvalue weighted by atomic mass is 9.88. The molecule has 0 bridgehead atoms. The minimum absolute atomic E-state index is 0.0315. The number of piperazine rings is 1. The Bertz CT molecular complexity index is 862. The number of allylic oxidation sites excluding steroid dienone is 1. The molecule has 166 valence electrons. The van der Waals surface area contributed by atoms with Gasteiger partial charge in [0.05, 0.1) is 5.92 Å². The maximum atomic E-state index is 13.1. The van der Waals surface area contributed by atoms with Crippen LogP contribution in [0.2, 0.25) is 0 Å². The number of carbonyl (C=O) groups is 5. The highest BCUT2D eigenvalue weighted by molar-refractivity contribution is 6.12. The summed E-state index contributed by atoms with van der Waals surface area (Å²) >= 11 is 0. The van der Waals surface area contributed by atoms with E-state index in [9.17, 15) is 24.0 Å². The molecule has 0 aromatic heterocycles. The van der Waals surface area contributed by atoms with E-state index in [0.717, 1.165) is 31.1 Å². The number of piperidine rings is 1. The van der Waals surface area contributed by atoms with Crippen molar-refractivity contribution in [2.24, 2.45) is 11.8 Å². The van der Waals surface area contributed by atoms with E-state index in [1.54, 1.807) is 0 Å². The number of imide groups is 2. The first kappa shape index (κ1) is 21.2. The lowest BCUT2D eigenvalue weighted by Gasteiger charge is -2.28. The van der Waals surface area contributed by atoms with E-state index in [1.807, 2.05) is 0 Å². The Hall–Kier alpha value is -3.05. The van der Waals surface area contributed by atoms with Gasteiger partial charge in [-0.15, -0.1) is 0 Å². The first-order valence-electron chi connectivity index (χ1n) is 10.3. The minimum atomic E-state index is -1.08. The van der Waals surface area contributed by atoms with Crippen molar-refractivity contribution in [1.82, 2.24) is 20.4 Å². The summed E-state index contributed by atoms with van der Waals surface area (Å²) in [6, 6.07) is -1.06. The van der Waals surface area contributed by atoms with Crippen LogP contribution < -0.4 is 10.6 Å². The molecule has 31 heavy (non-hydrogen) atoms. The van der Waals surface area contributed by atoms with Crippen molar-refractivity contribution < 1.29 is 33.4 Å². The summed E-state index contributed by atoms with van der Waals surface area (Å²) in [4.78, 5) is 63.9. The number of rotatable bonds is 7. The van der Waals surface area contributed by atoms with Crippen molar-refractivity contribution in [2.45, 2.75) is 18.9 Å². The molecule has 3 atom stereocenters. The summed E-state index contributed by atoms with van der Waals surface area (Å²) in [7, 11) is 0. The van der Waals surface area contributed by atoms with Gasteiger partial charge < -0.3 is 14.8 Å². The smallest absolute Gasteiger partial charge is 0.298 e. The van der Waals surface area contributed by atoms with Crippen LogP contribution in [0.1, 0.15) is 12.8 Å². The summed E-state index contributed by atoms with van der Waals surface area (Å²) in [5.41, 5.74) is 0. The summed E-state index contributed by atoms with van der Waals surface area (Å²) in [6.07, 6.45) is 3.16. The second kappa shape index (κ2) is 8.98. The van der Waals surface area contributed by atoms with Gasteiger partial charge in [-0.3, -0.25) is 39.1 Å². The molecule has 11 heteroatoms. The Kier molecular flexibility index (Phi) is 6.14. The molecule has 4 amide bonds. The van der Waals surface area contributed by atoms with Crippen LogP contribution in [0, 0.1) is 11.8 Å². The highest BCUT2D eigenvalue weighted by atomic mass is 16.5. The zero-order valence-corrected chi connectivity index (χ0v) is 16.9. The SMILES string of the molecule is O=COC1=C(OCCN2CCNCC2)C=CC2C(=O)N(C3CCC(=O)NC3=O)C(=O)C12. The van der Waals surface area contributed by atoms with Gasteiger partial charge in [-0.1, -0.05) is 6.08 Å². The monoisotopic (exact) mass is 432 g/mol. The fraction of sp³-hybridized carbons (Fsp3) is 0.550. The van der Waals surface area contributed by atoms with Crippen LogP contribution in [0.25, 0.3) is 0 Å². The largest absolute Gasteiger partial charge is 0.489 e. The van der Waals surface area contributed by atoms with E-state index in [1.165, 1.54) is 12.2 Å². The predicted molar refractivity (Wildman–Crippen MR) is 104 cm³/mol. The maximum Gasteiger partial charge on any atom is 0.298 e. The molecule has 3 heterocycles. The number of hydrogen-bond donors (Lipinski definition) is 2. The standard InChI is InChI=1S/C20H24N4O7/c25-11-31-17-14(30-10-9-23-7-5-21-6-8-23)3-1-12-16(17)20(29)24(19(12)28)13-2-4-15(26)22-18(13)27/h1,3,11-13,16,21H,2,4-10H2,(H,22,26,27). The average molecular weight is 432 g/mol. The van der Waals surface area contributed by atoms with Gasteiger partial charge in [-0.05, 0) is 12.5 Å². The van der Waals surface area contributed by atoms with Crippen LogP contribution in [-0.2, 0) is 33.4 Å². The molecular weight excluding hydrogens is 408 g/mol. The molecule has 0 aromatic rings. The highest BCUT2D eigenvalue weighted by Crippen LogP contribution is 2.40. The van der Waals surface area contributed by atoms with E-state index in [-0.39, 0.29) is 30.8 Å². The number of hydrogen-bond acceptors (Lipinski definition) is 9. The van der Waals surface area contributed by atoms with E-state index >= 15 is 0 Å². The number of likely N-dealkylation sites (tertiary alicyclic amines) is 1. The summed E-state index contributed by atoms with van der Waals surface area (Å²) in [5, 5.41) is 5.42. The number of carbonyl (C=O) groups excluding carboxylic acids is 5. The van der Waals surface area contributed by atoms with Crippen LogP contribution >= 0.6 is 0 Å². The molecule has 2 N–H and O–H groups in total. The Labute approximate surface area is 178 Å². The number of fused-ring (bicyclic) bond motifs is 1. The van der Waals surface area contributed by atoms with Gasteiger partial charge in [0.1, 0.15) is 18.6 Å². The Morgan fingerprint density at radius 2 is 1.90 bits per heavy atom. The first-order chi connectivity index (χ1) is 15.0. The van der Waals surface area contributed by atoms with Crippen LogP contribution in [0.5, 0.6) is 0 Å². The summed E-state index contributed by atoms with van der Waals surface area (Å²) in [5.74, 6) is -4.12. The fourth-order valence-electron chi connectivity index (χ4n) is 4.37. The van der Waals surface area contributed by atoms with Crippen molar-refractivity contribution in [3.05, 3.63) is 23.7 Å². The van der Waals surface area contributed by atoms with Gasteiger partial charge in [0.25, 0.3) is 6.47 Å². The number of ether oxygens (including phenoxy) is 2. The highest BCUT2D eigenvalue weighted by Gasteiger charge is 2.55. The number of nitrogens with one attached hydrogen (secondary N) is 2. The van der Waals surface area contributed by atoms with E-state index in [2.05, 4.69) is 15.5 Å². The molecule has 3 aliphatic heterocycles. The normalized spacial score (nSPS) is 29.2. The summed E-state index contributed by atoms with van der Waals surface area (Å²) in [6.45, 7) is 4.77. The van der Waals surface area contributed by atoms with Gasteiger partial charge in [-0.2, -0.15) is 0 Å². The second-order valence-corrected chi connectivity index (χ2v) is 7.76. The molecule has 1 aliphatic carbocycles. The van der Waals surface area contributed by atoms with Crippen molar-refractivity contribution >= 4 is 30.1 Å². The van der Waals surface area contributed by atoms with Crippen molar-refractivity contribution in [3.63, 3.8) is 0 Å². The van der Waals surface area contributed by atoms with Gasteiger partial charge >= 0.3 is 0 Å². The lowest BCUT2D eigenvalue weighted by Crippen LogP contribution is -2.54. The third kappa shape index (κ3) is 4.10. The maximum absolute atomic E-state index is 13.1. The van der Waals surface area contributed by atoms with Gasteiger partial charge in [0.15, 0.2) is 11.5 Å². The molecule has 0 saturated carbocycles. The first-order valence-corrected chi connectivity index (χ1v) is 10.3. The van der Waals surface area contributed by atoms with E-state index in [4.69, 9.17) is 9.47 Å². The Morgan fingerprint density at radius 3 is 2.61 bits per heavy atom. The van der Waals surface area contributed by atoms with Crippen molar-refractivity contribution in [2.75, 3.05) is 39.3 Å². The Balaban J connectivity index is 1.51. The molecular formula is C20H24N4O7. The van der Waals surface area contributed by atoms with E-state index < -0.39 is 41.5 Å².